The summed E-state index contributed by atoms with van der Waals surface area (Å²) >= 11 is 3.34. The standard InChI is InChI=1S/C11H14BrNO3S/c1-8-6-10(2-3-11(8)12)17(15,16)13-5-4-9(13)7-14/h2-3,6,9,14H,4-5,7H2,1H3/t9-/m0/s1. The number of rotatable bonds is 3. The smallest absolute Gasteiger partial charge is 0.243 e. The van der Waals surface area contributed by atoms with Gasteiger partial charge in [0.25, 0.3) is 0 Å². The number of benzene rings is 1. The summed E-state index contributed by atoms with van der Waals surface area (Å²) in [6.45, 7) is 2.22. The minimum absolute atomic E-state index is 0.116. The quantitative estimate of drug-likeness (QED) is 0.918. The summed E-state index contributed by atoms with van der Waals surface area (Å²) in [5.41, 5.74) is 0.882. The topological polar surface area (TPSA) is 57.6 Å². The Morgan fingerprint density at radius 2 is 2.24 bits per heavy atom. The van der Waals surface area contributed by atoms with E-state index in [1.165, 1.54) is 4.31 Å². The maximum absolute atomic E-state index is 12.2. The van der Waals surface area contributed by atoms with Crippen LogP contribution in [-0.4, -0.2) is 37.0 Å². The average Bonchev–Trinajstić information content (AvgIpc) is 2.20. The van der Waals surface area contributed by atoms with Gasteiger partial charge in [0.1, 0.15) is 0 Å². The van der Waals surface area contributed by atoms with E-state index in [0.29, 0.717) is 6.54 Å². The molecule has 1 saturated heterocycles. The molecule has 1 atom stereocenters. The van der Waals surface area contributed by atoms with E-state index >= 15 is 0 Å². The molecule has 0 saturated carbocycles. The molecule has 6 heteroatoms. The highest BCUT2D eigenvalue weighted by atomic mass is 79.9. The van der Waals surface area contributed by atoms with Crippen molar-refractivity contribution in [3.63, 3.8) is 0 Å². The highest BCUT2D eigenvalue weighted by molar-refractivity contribution is 9.10. The molecule has 0 unspecified atom stereocenters. The Bertz CT molecular complexity index is 528. The molecule has 2 rings (SSSR count). The van der Waals surface area contributed by atoms with E-state index in [1.54, 1.807) is 18.2 Å². The van der Waals surface area contributed by atoms with Crippen LogP contribution in [0.1, 0.15) is 12.0 Å². The van der Waals surface area contributed by atoms with Crippen LogP contribution in [0.3, 0.4) is 0 Å². The van der Waals surface area contributed by atoms with Crippen LogP contribution in [0, 0.1) is 6.92 Å². The molecule has 0 bridgehead atoms. The fourth-order valence-electron chi connectivity index (χ4n) is 1.83. The van der Waals surface area contributed by atoms with E-state index in [2.05, 4.69) is 15.9 Å². The Morgan fingerprint density at radius 1 is 1.53 bits per heavy atom. The highest BCUT2D eigenvalue weighted by Crippen LogP contribution is 2.28. The molecular formula is C11H14BrNO3S. The zero-order valence-electron chi connectivity index (χ0n) is 9.43. The van der Waals surface area contributed by atoms with E-state index in [9.17, 15) is 8.42 Å². The summed E-state index contributed by atoms with van der Waals surface area (Å²) in [4.78, 5) is 0.288. The molecule has 0 spiro atoms. The number of aliphatic hydroxyl groups is 1. The fraction of sp³-hybridized carbons (Fsp3) is 0.455. The molecule has 0 amide bonds. The molecule has 4 nitrogen and oxygen atoms in total. The number of hydrogen-bond acceptors (Lipinski definition) is 3. The van der Waals surface area contributed by atoms with Gasteiger partial charge in [0.15, 0.2) is 0 Å². The maximum Gasteiger partial charge on any atom is 0.243 e. The van der Waals surface area contributed by atoms with E-state index in [4.69, 9.17) is 5.11 Å². The van der Waals surface area contributed by atoms with Gasteiger partial charge in [-0.2, -0.15) is 4.31 Å². The van der Waals surface area contributed by atoms with E-state index in [-0.39, 0.29) is 17.5 Å². The lowest BCUT2D eigenvalue weighted by atomic mass is 10.1. The van der Waals surface area contributed by atoms with E-state index in [0.717, 1.165) is 16.5 Å². The van der Waals surface area contributed by atoms with Gasteiger partial charge in [0.05, 0.1) is 11.5 Å². The van der Waals surface area contributed by atoms with E-state index < -0.39 is 10.0 Å². The van der Waals surface area contributed by atoms with Gasteiger partial charge in [0, 0.05) is 17.1 Å². The van der Waals surface area contributed by atoms with Crippen molar-refractivity contribution in [1.29, 1.82) is 0 Å². The van der Waals surface area contributed by atoms with Gasteiger partial charge in [-0.3, -0.25) is 0 Å². The predicted octanol–water partition coefficient (Wildman–Crippen LogP) is 1.51. The van der Waals surface area contributed by atoms with Crippen molar-refractivity contribution < 1.29 is 13.5 Å². The van der Waals surface area contributed by atoms with Crippen molar-refractivity contribution in [3.8, 4) is 0 Å². The molecule has 94 valence electrons. The van der Waals surface area contributed by atoms with Gasteiger partial charge in [-0.25, -0.2) is 8.42 Å². The Labute approximate surface area is 109 Å². The number of aliphatic hydroxyl groups excluding tert-OH is 1. The van der Waals surface area contributed by atoms with Crippen LogP contribution >= 0.6 is 15.9 Å². The highest BCUT2D eigenvalue weighted by Gasteiger charge is 2.37. The Morgan fingerprint density at radius 3 is 2.71 bits per heavy atom. The molecule has 1 aromatic carbocycles. The summed E-state index contributed by atoms with van der Waals surface area (Å²) in [7, 11) is -3.45. The number of aryl methyl sites for hydroxylation is 1. The van der Waals surface area contributed by atoms with Gasteiger partial charge in [-0.1, -0.05) is 15.9 Å². The van der Waals surface area contributed by atoms with Crippen LogP contribution in [-0.2, 0) is 10.0 Å². The summed E-state index contributed by atoms with van der Waals surface area (Å²) in [5, 5.41) is 9.05. The number of halogens is 1. The Balaban J connectivity index is 2.35. The zero-order valence-corrected chi connectivity index (χ0v) is 11.8. The second-order valence-corrected chi connectivity index (χ2v) is 6.90. The molecule has 0 aromatic heterocycles. The van der Waals surface area contributed by atoms with E-state index in [1.807, 2.05) is 6.92 Å². The van der Waals surface area contributed by atoms with Gasteiger partial charge in [-0.15, -0.1) is 0 Å². The van der Waals surface area contributed by atoms with Crippen LogP contribution in [0.5, 0.6) is 0 Å². The van der Waals surface area contributed by atoms with Crippen molar-refractivity contribution >= 4 is 26.0 Å². The minimum Gasteiger partial charge on any atom is -0.395 e. The average molecular weight is 320 g/mol. The van der Waals surface area contributed by atoms with Crippen molar-refractivity contribution in [3.05, 3.63) is 28.2 Å². The Kier molecular flexibility index (Phi) is 3.58. The molecular weight excluding hydrogens is 306 g/mol. The molecule has 1 aliphatic rings. The first kappa shape index (κ1) is 13.0. The second kappa shape index (κ2) is 4.68. The Hall–Kier alpha value is -0.430. The zero-order chi connectivity index (χ0) is 12.6. The molecule has 0 aliphatic carbocycles. The van der Waals surface area contributed by atoms with Crippen molar-refractivity contribution in [2.24, 2.45) is 0 Å². The predicted molar refractivity (Wildman–Crippen MR) is 68.3 cm³/mol. The molecule has 1 fully saturated rings. The minimum atomic E-state index is -3.45. The first-order valence-electron chi connectivity index (χ1n) is 5.35. The van der Waals surface area contributed by atoms with Crippen molar-refractivity contribution in [2.75, 3.05) is 13.2 Å². The first-order chi connectivity index (χ1) is 7.96. The SMILES string of the molecule is Cc1cc(S(=O)(=O)N2CC[C@H]2CO)ccc1Br. The van der Waals surface area contributed by atoms with Gasteiger partial charge in [0.2, 0.25) is 10.0 Å². The van der Waals surface area contributed by atoms with Crippen molar-refractivity contribution in [2.45, 2.75) is 24.3 Å². The molecule has 17 heavy (non-hydrogen) atoms. The number of nitrogens with zero attached hydrogens (tertiary/aromatic N) is 1. The normalized spacial score (nSPS) is 21.2. The molecule has 1 aliphatic heterocycles. The van der Waals surface area contributed by atoms with Crippen LogP contribution in [0.15, 0.2) is 27.6 Å². The van der Waals surface area contributed by atoms with Gasteiger partial charge < -0.3 is 5.11 Å². The van der Waals surface area contributed by atoms with Gasteiger partial charge in [-0.05, 0) is 37.1 Å². The van der Waals surface area contributed by atoms with Crippen LogP contribution in [0.4, 0.5) is 0 Å². The lowest BCUT2D eigenvalue weighted by Gasteiger charge is -2.38. The second-order valence-electron chi connectivity index (χ2n) is 4.15. The third-order valence-electron chi connectivity index (χ3n) is 3.04. The van der Waals surface area contributed by atoms with Crippen LogP contribution < -0.4 is 0 Å². The van der Waals surface area contributed by atoms with Gasteiger partial charge >= 0.3 is 0 Å². The largest absolute Gasteiger partial charge is 0.395 e. The number of sulfonamides is 1. The lowest BCUT2D eigenvalue weighted by Crippen LogP contribution is -2.52. The molecule has 1 N–H and O–H groups in total. The van der Waals surface area contributed by atoms with Crippen LogP contribution in [0.2, 0.25) is 0 Å². The first-order valence-corrected chi connectivity index (χ1v) is 7.59. The summed E-state index contributed by atoms with van der Waals surface area (Å²) in [6, 6.07) is 4.70. The van der Waals surface area contributed by atoms with Crippen molar-refractivity contribution in [1.82, 2.24) is 4.31 Å². The lowest BCUT2D eigenvalue weighted by molar-refractivity contribution is 0.116. The maximum atomic E-state index is 12.2. The molecule has 1 heterocycles. The monoisotopic (exact) mass is 319 g/mol. The summed E-state index contributed by atoms with van der Waals surface area (Å²) in [5.74, 6) is 0. The molecule has 0 radical (unpaired) electrons. The fourth-order valence-corrected chi connectivity index (χ4v) is 3.82. The summed E-state index contributed by atoms with van der Waals surface area (Å²) in [6.07, 6.45) is 0.727. The van der Waals surface area contributed by atoms with Crippen LogP contribution in [0.25, 0.3) is 0 Å². The molecule has 1 aromatic rings. The third-order valence-corrected chi connectivity index (χ3v) is 5.87. The third kappa shape index (κ3) is 2.27. The number of hydrogen-bond donors (Lipinski definition) is 1. The summed E-state index contributed by atoms with van der Waals surface area (Å²) < 4.78 is 26.7.